The molecule has 8 atom stereocenters. The summed E-state index contributed by atoms with van der Waals surface area (Å²) in [4.78, 5) is 171. The summed E-state index contributed by atoms with van der Waals surface area (Å²) >= 11 is 0. The number of aliphatic carboxylic acids is 11. The standard InChI is InChI=1S/C22H38N4O9.C21H39N5O8.C17H30N4O7/c1-14(27)13-18(22(34)35)26-11-9-24(16(3)20(30)31)7-5-23(15(2)19(28)29)6-8-25(10-12-26)17(4)21(32)33;1-14(18(27)28)23-5-7-24(15(2)19(29)30)9-11-26(17(13-22-4)21(33)34)12-10-25(8-6-23)16(3)20(31)32;1-14(22)10-18-2-4-19(11-15(23)24)6-8-21(13-17(27)28)9-7-20(5-3-18)12-16(25)26/h15-18H,5-13H2,1-4H3,(H,28,29)(H,30,31)(H,32,33)(H,34,35);14-17,22H,5-13H2,1-4H3,(H,27,28)(H,29,30)(H,31,32)(H,33,34);2-13H2,1H3,(H,23,24)(H,25,26)(H,27,28). The molecule has 97 heavy (non-hydrogen) atoms. The van der Waals surface area contributed by atoms with Gasteiger partial charge in [-0.05, 0) is 62.4 Å². The van der Waals surface area contributed by atoms with Crippen LogP contribution < -0.4 is 5.32 Å². The SMILES string of the molecule is CC(=O)CC(C(=O)O)N1CCN(C(C)C(=O)O)CCN(C(C)C(=O)O)CCN(C(C)C(=O)O)CC1.CC(=O)CN1CCN(CC(=O)O)CCN(CC(=O)O)CCN(CC(=O)O)CC1.CNCC(C(=O)O)N1CCN(C(C)C(=O)O)CCN(C(C)C(=O)O)CCN(C(C)C(=O)O)CC1. The predicted molar refractivity (Wildman–Crippen MR) is 347 cm³/mol. The van der Waals surface area contributed by atoms with E-state index in [2.05, 4.69) is 5.32 Å². The lowest BCUT2D eigenvalue weighted by Crippen LogP contribution is -2.56. The highest BCUT2D eigenvalue weighted by Gasteiger charge is 2.35. The number of carboxylic acid groups (broad SMARTS) is 11. The molecule has 0 spiro atoms. The van der Waals surface area contributed by atoms with Crippen molar-refractivity contribution in [2.24, 2.45) is 0 Å². The number of nitrogens with zero attached hydrogens (tertiary/aromatic N) is 12. The molecule has 3 heterocycles. The molecule has 0 radical (unpaired) electrons. The number of rotatable bonds is 28. The number of likely N-dealkylation sites (N-methyl/N-ethyl adjacent to an activating group) is 1. The van der Waals surface area contributed by atoms with E-state index in [1.807, 2.05) is 4.90 Å². The van der Waals surface area contributed by atoms with Crippen LogP contribution in [0.25, 0.3) is 0 Å². The van der Waals surface area contributed by atoms with Gasteiger partial charge in [-0.25, -0.2) is 0 Å². The summed E-state index contributed by atoms with van der Waals surface area (Å²) in [6.07, 6.45) is -0.234. The zero-order valence-corrected chi connectivity index (χ0v) is 57.4. The van der Waals surface area contributed by atoms with E-state index in [1.54, 1.807) is 81.7 Å². The van der Waals surface area contributed by atoms with Crippen molar-refractivity contribution in [3.63, 3.8) is 0 Å². The molecule has 3 rings (SSSR count). The van der Waals surface area contributed by atoms with Crippen LogP contribution in [0, 0.1) is 0 Å². The van der Waals surface area contributed by atoms with Gasteiger partial charge in [-0.3, -0.25) is 121 Å². The zero-order valence-electron chi connectivity index (χ0n) is 57.4. The first-order valence-corrected chi connectivity index (χ1v) is 32.2. The number of carboxylic acids is 11. The lowest BCUT2D eigenvalue weighted by atomic mass is 10.1. The van der Waals surface area contributed by atoms with Crippen molar-refractivity contribution in [1.29, 1.82) is 0 Å². The normalized spacial score (nSPS) is 21.1. The highest BCUT2D eigenvalue weighted by molar-refractivity contribution is 5.84. The van der Waals surface area contributed by atoms with E-state index in [-0.39, 0.29) is 155 Å². The van der Waals surface area contributed by atoms with Crippen LogP contribution >= 0.6 is 0 Å². The Balaban J connectivity index is 0.000000732. The highest BCUT2D eigenvalue weighted by atomic mass is 16.4. The van der Waals surface area contributed by atoms with Crippen molar-refractivity contribution in [2.45, 2.75) is 110 Å². The van der Waals surface area contributed by atoms with Gasteiger partial charge < -0.3 is 61.5 Å². The van der Waals surface area contributed by atoms with Crippen molar-refractivity contribution in [1.82, 2.24) is 64.1 Å². The fourth-order valence-electron chi connectivity index (χ4n) is 11.1. The van der Waals surface area contributed by atoms with E-state index in [4.69, 9.17) is 15.3 Å². The largest absolute Gasteiger partial charge is 0.480 e. The van der Waals surface area contributed by atoms with Crippen LogP contribution in [0.3, 0.4) is 0 Å². The van der Waals surface area contributed by atoms with Gasteiger partial charge in [0.15, 0.2) is 0 Å². The maximum atomic E-state index is 12.0. The van der Waals surface area contributed by atoms with Crippen LogP contribution in [0.5, 0.6) is 0 Å². The molecular formula is C60H107N13O24. The Hall–Kier alpha value is -7.01. The van der Waals surface area contributed by atoms with Crippen LogP contribution in [0.4, 0.5) is 0 Å². The zero-order chi connectivity index (χ0) is 74.0. The molecule has 0 amide bonds. The minimum absolute atomic E-state index is 0.0192. The number of Topliss-reactive ketones (excluding diaryl/α,β-unsaturated/α-hetero) is 2. The summed E-state index contributed by atoms with van der Waals surface area (Å²) in [6.45, 7) is 18.5. The van der Waals surface area contributed by atoms with Crippen molar-refractivity contribution < 1.29 is 119 Å². The van der Waals surface area contributed by atoms with E-state index in [0.29, 0.717) is 52.4 Å². The molecule has 3 fully saturated rings. The Morgan fingerprint density at radius 3 is 0.608 bits per heavy atom. The van der Waals surface area contributed by atoms with Crippen molar-refractivity contribution in [3.05, 3.63) is 0 Å². The van der Waals surface area contributed by atoms with Crippen LogP contribution in [0.1, 0.15) is 61.8 Å². The third-order valence-corrected chi connectivity index (χ3v) is 17.6. The van der Waals surface area contributed by atoms with E-state index in [0.717, 1.165) is 0 Å². The molecule has 0 bridgehead atoms. The molecule has 3 aliphatic heterocycles. The van der Waals surface area contributed by atoms with Gasteiger partial charge in [0.05, 0.1) is 26.2 Å². The minimum atomic E-state index is -1.19. The summed E-state index contributed by atoms with van der Waals surface area (Å²) in [7, 11) is 1.64. The van der Waals surface area contributed by atoms with Gasteiger partial charge in [0.25, 0.3) is 0 Å². The van der Waals surface area contributed by atoms with E-state index in [1.165, 1.54) is 34.6 Å². The second-order valence-electron chi connectivity index (χ2n) is 24.5. The molecule has 556 valence electrons. The summed E-state index contributed by atoms with van der Waals surface area (Å²) in [6, 6.07) is -7.21. The fourth-order valence-corrected chi connectivity index (χ4v) is 11.1. The van der Waals surface area contributed by atoms with Gasteiger partial charge in [0.1, 0.15) is 59.9 Å². The quantitative estimate of drug-likeness (QED) is 0.0351. The van der Waals surface area contributed by atoms with Gasteiger partial charge in [0, 0.05) is 170 Å². The molecule has 3 saturated heterocycles. The molecule has 3 aliphatic rings. The lowest BCUT2D eigenvalue weighted by molar-refractivity contribution is -0.148. The average molecular weight is 1390 g/mol. The number of carbonyl (C=O) groups excluding carboxylic acids is 2. The smallest absolute Gasteiger partial charge is 0.322 e. The molecule has 37 heteroatoms. The maximum absolute atomic E-state index is 12.0. The van der Waals surface area contributed by atoms with Gasteiger partial charge >= 0.3 is 65.7 Å². The Morgan fingerprint density at radius 2 is 0.454 bits per heavy atom. The van der Waals surface area contributed by atoms with Crippen LogP contribution in [-0.4, -0.2) is 437 Å². The number of hydrogen-bond donors (Lipinski definition) is 12. The Bertz CT molecular complexity index is 2390. The molecule has 12 N–H and O–H groups in total. The van der Waals surface area contributed by atoms with Gasteiger partial charge in [-0.2, -0.15) is 0 Å². The number of hydrogen-bond acceptors (Lipinski definition) is 26. The Morgan fingerprint density at radius 1 is 0.268 bits per heavy atom. The third-order valence-electron chi connectivity index (χ3n) is 17.6. The second kappa shape index (κ2) is 45.5. The lowest BCUT2D eigenvalue weighted by Gasteiger charge is -2.38. The minimum Gasteiger partial charge on any atom is -0.480 e. The van der Waals surface area contributed by atoms with Crippen LogP contribution in [0.15, 0.2) is 0 Å². The van der Waals surface area contributed by atoms with Crippen molar-refractivity contribution in [3.8, 4) is 0 Å². The Kier molecular flexibility index (Phi) is 41.3. The number of nitrogens with one attached hydrogen (secondary N) is 1. The molecule has 37 nitrogen and oxygen atoms in total. The topological polar surface area (TPSA) is 495 Å². The van der Waals surface area contributed by atoms with E-state index >= 15 is 0 Å². The second-order valence-corrected chi connectivity index (χ2v) is 24.5. The number of ketones is 2. The number of carbonyl (C=O) groups is 13. The molecule has 8 unspecified atom stereocenters. The van der Waals surface area contributed by atoms with Gasteiger partial charge in [-0.15, -0.1) is 0 Å². The van der Waals surface area contributed by atoms with Crippen LogP contribution in [-0.2, 0) is 62.3 Å². The van der Waals surface area contributed by atoms with E-state index in [9.17, 15) is 103 Å². The summed E-state index contributed by atoms with van der Waals surface area (Å²) in [5, 5.41) is 107. The summed E-state index contributed by atoms with van der Waals surface area (Å²) < 4.78 is 0. The van der Waals surface area contributed by atoms with Gasteiger partial charge in [-0.1, -0.05) is 0 Å². The summed E-state index contributed by atoms with van der Waals surface area (Å²) in [5.74, 6) is -11.7. The molecule has 0 aromatic heterocycles. The monoisotopic (exact) mass is 1390 g/mol. The van der Waals surface area contributed by atoms with E-state index < -0.39 is 114 Å². The molecule has 0 aliphatic carbocycles. The molecule has 0 aromatic rings. The van der Waals surface area contributed by atoms with Crippen molar-refractivity contribution >= 4 is 77.2 Å². The molecule has 0 saturated carbocycles. The van der Waals surface area contributed by atoms with Crippen LogP contribution in [0.2, 0.25) is 0 Å². The first-order chi connectivity index (χ1) is 45.3. The third kappa shape index (κ3) is 34.4. The highest BCUT2D eigenvalue weighted by Crippen LogP contribution is 2.15. The maximum Gasteiger partial charge on any atom is 0.322 e. The molecular weight excluding hydrogens is 1290 g/mol. The van der Waals surface area contributed by atoms with Crippen molar-refractivity contribution in [2.75, 3.05) is 197 Å². The molecule has 0 aromatic carbocycles. The predicted octanol–water partition coefficient (Wildman–Crippen LogP) is -4.59. The first kappa shape index (κ1) is 88.0. The average Bonchev–Trinajstić information content (AvgIpc) is 0.871. The van der Waals surface area contributed by atoms with Gasteiger partial charge in [0.2, 0.25) is 0 Å². The first-order valence-electron chi connectivity index (χ1n) is 32.2. The summed E-state index contributed by atoms with van der Waals surface area (Å²) in [5.41, 5.74) is 0. The Labute approximate surface area is 565 Å². The fraction of sp³-hybridized carbons (Fsp3) is 0.783.